The van der Waals surface area contributed by atoms with E-state index in [1.807, 2.05) is 6.20 Å². The summed E-state index contributed by atoms with van der Waals surface area (Å²) >= 11 is 0. The highest BCUT2D eigenvalue weighted by molar-refractivity contribution is 5.39. The SMILES string of the molecule is OCCn1cc(NC2CCCOC2)cn1. The second-order valence-corrected chi connectivity index (χ2v) is 3.77. The summed E-state index contributed by atoms with van der Waals surface area (Å²) in [6.45, 7) is 2.31. The molecule has 1 atom stereocenters. The summed E-state index contributed by atoms with van der Waals surface area (Å²) in [6, 6.07) is 0.394. The van der Waals surface area contributed by atoms with Crippen molar-refractivity contribution in [1.29, 1.82) is 0 Å². The molecular formula is C10H17N3O2. The third kappa shape index (κ3) is 2.94. The second kappa shape index (κ2) is 5.14. The molecule has 2 heterocycles. The first kappa shape index (κ1) is 10.4. The molecule has 0 aliphatic carbocycles. The molecule has 0 radical (unpaired) electrons. The Kier molecular flexibility index (Phi) is 3.58. The van der Waals surface area contributed by atoms with Gasteiger partial charge in [0.15, 0.2) is 0 Å². The van der Waals surface area contributed by atoms with Crippen molar-refractivity contribution in [2.24, 2.45) is 0 Å². The van der Waals surface area contributed by atoms with Crippen LogP contribution in [-0.4, -0.2) is 40.7 Å². The fraction of sp³-hybridized carbons (Fsp3) is 0.700. The van der Waals surface area contributed by atoms with Crippen molar-refractivity contribution in [3.8, 4) is 0 Å². The Balaban J connectivity index is 1.86. The van der Waals surface area contributed by atoms with Crippen LogP contribution >= 0.6 is 0 Å². The Morgan fingerprint density at radius 1 is 1.67 bits per heavy atom. The van der Waals surface area contributed by atoms with E-state index in [0.29, 0.717) is 12.6 Å². The molecule has 2 N–H and O–H groups in total. The molecule has 0 bridgehead atoms. The van der Waals surface area contributed by atoms with Gasteiger partial charge in [0.1, 0.15) is 0 Å². The zero-order valence-electron chi connectivity index (χ0n) is 8.72. The van der Waals surface area contributed by atoms with Crippen molar-refractivity contribution in [2.75, 3.05) is 25.1 Å². The van der Waals surface area contributed by atoms with Gasteiger partial charge in [-0.3, -0.25) is 4.68 Å². The largest absolute Gasteiger partial charge is 0.394 e. The van der Waals surface area contributed by atoms with E-state index in [9.17, 15) is 0 Å². The van der Waals surface area contributed by atoms with E-state index in [1.54, 1.807) is 10.9 Å². The minimum atomic E-state index is 0.119. The van der Waals surface area contributed by atoms with Gasteiger partial charge in [-0.15, -0.1) is 0 Å². The predicted molar refractivity (Wildman–Crippen MR) is 56.8 cm³/mol. The first-order valence-corrected chi connectivity index (χ1v) is 5.36. The van der Waals surface area contributed by atoms with Crippen LogP contribution in [0.4, 0.5) is 5.69 Å². The zero-order valence-corrected chi connectivity index (χ0v) is 8.72. The number of hydrogen-bond donors (Lipinski definition) is 2. The first-order valence-electron chi connectivity index (χ1n) is 5.36. The van der Waals surface area contributed by atoms with Crippen molar-refractivity contribution >= 4 is 5.69 Å². The third-order valence-corrected chi connectivity index (χ3v) is 2.49. The molecule has 1 aromatic heterocycles. The molecule has 1 aliphatic heterocycles. The number of nitrogens with zero attached hydrogens (tertiary/aromatic N) is 2. The number of hydrogen-bond acceptors (Lipinski definition) is 4. The van der Waals surface area contributed by atoms with Crippen molar-refractivity contribution in [3.63, 3.8) is 0 Å². The molecule has 1 unspecified atom stereocenters. The number of aliphatic hydroxyl groups excluding tert-OH is 1. The van der Waals surface area contributed by atoms with Crippen molar-refractivity contribution < 1.29 is 9.84 Å². The summed E-state index contributed by atoms with van der Waals surface area (Å²) in [7, 11) is 0. The van der Waals surface area contributed by atoms with Gasteiger partial charge in [-0.2, -0.15) is 5.10 Å². The number of rotatable bonds is 4. The average molecular weight is 211 g/mol. The van der Waals surface area contributed by atoms with Crippen molar-refractivity contribution in [2.45, 2.75) is 25.4 Å². The Morgan fingerprint density at radius 2 is 2.60 bits per heavy atom. The molecule has 0 amide bonds. The maximum absolute atomic E-state index is 8.75. The Morgan fingerprint density at radius 3 is 3.33 bits per heavy atom. The van der Waals surface area contributed by atoms with Crippen LogP contribution in [0.25, 0.3) is 0 Å². The summed E-state index contributed by atoms with van der Waals surface area (Å²) < 4.78 is 7.11. The topological polar surface area (TPSA) is 59.3 Å². The summed E-state index contributed by atoms with van der Waals surface area (Å²) in [5.41, 5.74) is 0.999. The Labute approximate surface area is 89.0 Å². The van der Waals surface area contributed by atoms with Crippen LogP contribution in [0.2, 0.25) is 0 Å². The summed E-state index contributed by atoms with van der Waals surface area (Å²) in [6.07, 6.45) is 5.95. The lowest BCUT2D eigenvalue weighted by molar-refractivity contribution is 0.0876. The average Bonchev–Trinajstić information content (AvgIpc) is 2.68. The van der Waals surface area contributed by atoms with Gasteiger partial charge in [0.05, 0.1) is 31.6 Å². The van der Waals surface area contributed by atoms with E-state index in [4.69, 9.17) is 9.84 Å². The Hall–Kier alpha value is -1.07. The Bertz CT molecular complexity index is 295. The summed E-state index contributed by atoms with van der Waals surface area (Å²) in [5.74, 6) is 0. The molecule has 0 saturated carbocycles. The third-order valence-electron chi connectivity index (χ3n) is 2.49. The minimum Gasteiger partial charge on any atom is -0.394 e. The van der Waals surface area contributed by atoms with Gasteiger partial charge in [0.2, 0.25) is 0 Å². The molecular weight excluding hydrogens is 194 g/mol. The number of nitrogens with one attached hydrogen (secondary N) is 1. The van der Waals surface area contributed by atoms with Gasteiger partial charge >= 0.3 is 0 Å². The van der Waals surface area contributed by atoms with Crippen LogP contribution in [-0.2, 0) is 11.3 Å². The van der Waals surface area contributed by atoms with Gasteiger partial charge in [0.25, 0.3) is 0 Å². The number of ether oxygens (including phenoxy) is 1. The predicted octanol–water partition coefficient (Wildman–Crippen LogP) is 0.466. The van der Waals surface area contributed by atoms with Crippen LogP contribution < -0.4 is 5.32 Å². The van der Waals surface area contributed by atoms with Gasteiger partial charge < -0.3 is 15.2 Å². The van der Waals surface area contributed by atoms with E-state index in [1.165, 1.54) is 0 Å². The standard InChI is InChI=1S/C10H17N3O2/c14-4-3-13-7-10(6-11-13)12-9-2-1-5-15-8-9/h6-7,9,12,14H,1-5,8H2. The van der Waals surface area contributed by atoms with Crippen LogP contribution in [0.3, 0.4) is 0 Å². The van der Waals surface area contributed by atoms with E-state index in [2.05, 4.69) is 10.4 Å². The quantitative estimate of drug-likeness (QED) is 0.760. The van der Waals surface area contributed by atoms with Crippen molar-refractivity contribution in [3.05, 3.63) is 12.4 Å². The van der Waals surface area contributed by atoms with E-state index in [-0.39, 0.29) is 6.61 Å². The van der Waals surface area contributed by atoms with E-state index in [0.717, 1.165) is 31.7 Å². The molecule has 0 aromatic carbocycles. The molecule has 1 fully saturated rings. The van der Waals surface area contributed by atoms with E-state index >= 15 is 0 Å². The van der Waals surface area contributed by atoms with Crippen LogP contribution in [0.1, 0.15) is 12.8 Å². The minimum absolute atomic E-state index is 0.119. The highest BCUT2D eigenvalue weighted by atomic mass is 16.5. The molecule has 2 rings (SSSR count). The maximum atomic E-state index is 8.75. The number of anilines is 1. The van der Waals surface area contributed by atoms with Crippen molar-refractivity contribution in [1.82, 2.24) is 9.78 Å². The fourth-order valence-electron chi connectivity index (χ4n) is 1.75. The van der Waals surface area contributed by atoms with Gasteiger partial charge in [-0.1, -0.05) is 0 Å². The summed E-state index contributed by atoms with van der Waals surface area (Å²) in [5, 5.41) is 16.2. The monoisotopic (exact) mass is 211 g/mol. The summed E-state index contributed by atoms with van der Waals surface area (Å²) in [4.78, 5) is 0. The number of aliphatic hydroxyl groups is 1. The molecule has 5 heteroatoms. The fourth-order valence-corrected chi connectivity index (χ4v) is 1.75. The highest BCUT2D eigenvalue weighted by Gasteiger charge is 2.13. The lowest BCUT2D eigenvalue weighted by Gasteiger charge is -2.23. The molecule has 0 spiro atoms. The molecule has 1 aliphatic rings. The normalized spacial score (nSPS) is 21.5. The zero-order chi connectivity index (χ0) is 10.5. The second-order valence-electron chi connectivity index (χ2n) is 3.77. The van der Waals surface area contributed by atoms with Crippen LogP contribution in [0, 0.1) is 0 Å². The first-order chi connectivity index (χ1) is 7.38. The smallest absolute Gasteiger partial charge is 0.0729 e. The maximum Gasteiger partial charge on any atom is 0.0729 e. The van der Waals surface area contributed by atoms with Gasteiger partial charge in [0, 0.05) is 18.8 Å². The molecule has 1 saturated heterocycles. The molecule has 5 nitrogen and oxygen atoms in total. The van der Waals surface area contributed by atoms with Crippen LogP contribution in [0.15, 0.2) is 12.4 Å². The van der Waals surface area contributed by atoms with Crippen LogP contribution in [0.5, 0.6) is 0 Å². The lowest BCUT2D eigenvalue weighted by atomic mass is 10.1. The molecule has 84 valence electrons. The van der Waals surface area contributed by atoms with Gasteiger partial charge in [-0.05, 0) is 12.8 Å². The lowest BCUT2D eigenvalue weighted by Crippen LogP contribution is -2.29. The highest BCUT2D eigenvalue weighted by Crippen LogP contribution is 2.13. The van der Waals surface area contributed by atoms with E-state index < -0.39 is 0 Å². The number of aromatic nitrogens is 2. The molecule has 15 heavy (non-hydrogen) atoms. The van der Waals surface area contributed by atoms with Gasteiger partial charge in [-0.25, -0.2) is 0 Å². The molecule has 1 aromatic rings.